The maximum absolute atomic E-state index is 6.64. The van der Waals surface area contributed by atoms with Crippen LogP contribution in [0.1, 0.15) is 16.7 Å². The number of para-hydroxylation sites is 2. The van der Waals surface area contributed by atoms with Gasteiger partial charge in [0.1, 0.15) is 11.2 Å². The molecule has 0 fully saturated rings. The lowest BCUT2D eigenvalue weighted by Crippen LogP contribution is -2.07. The van der Waals surface area contributed by atoms with Gasteiger partial charge >= 0.3 is 0 Å². The molecular formula is C56H33N3OS. The smallest absolute Gasteiger partial charge is 0.160 e. The van der Waals surface area contributed by atoms with Crippen molar-refractivity contribution in [1.29, 1.82) is 0 Å². The highest BCUT2D eigenvalue weighted by Crippen LogP contribution is 2.44. The number of benzene rings is 9. The van der Waals surface area contributed by atoms with Gasteiger partial charge in [0, 0.05) is 58.4 Å². The van der Waals surface area contributed by atoms with Gasteiger partial charge in [-0.3, -0.25) is 0 Å². The molecule has 3 aromatic heterocycles. The van der Waals surface area contributed by atoms with Crippen molar-refractivity contribution in [3.05, 3.63) is 217 Å². The van der Waals surface area contributed by atoms with Crippen LogP contribution in [0.25, 0.3) is 96.8 Å². The normalized spacial score (nSPS) is 13.6. The van der Waals surface area contributed by atoms with E-state index in [1.54, 1.807) is 11.3 Å². The molecule has 4 heterocycles. The van der Waals surface area contributed by atoms with Gasteiger partial charge in [-0.2, -0.15) is 0 Å². The predicted molar refractivity (Wildman–Crippen MR) is 259 cm³/mol. The second-order valence-electron chi connectivity index (χ2n) is 15.8. The maximum atomic E-state index is 6.64. The minimum Gasteiger partial charge on any atom is -0.456 e. The van der Waals surface area contributed by atoms with E-state index in [0.29, 0.717) is 5.84 Å². The fraction of sp³-hybridized carbons (Fsp3) is 0. The highest BCUT2D eigenvalue weighted by molar-refractivity contribution is 7.26. The lowest BCUT2D eigenvalue weighted by atomic mass is 9.97. The minimum absolute atomic E-state index is 0.618. The van der Waals surface area contributed by atoms with Crippen molar-refractivity contribution in [1.82, 2.24) is 4.57 Å². The molecule has 0 saturated heterocycles. The van der Waals surface area contributed by atoms with E-state index in [-0.39, 0.29) is 0 Å². The van der Waals surface area contributed by atoms with Crippen molar-refractivity contribution >= 4 is 114 Å². The van der Waals surface area contributed by atoms with Gasteiger partial charge in [-0.25, -0.2) is 9.98 Å². The molecule has 0 aliphatic carbocycles. The molecule has 0 N–H and O–H groups in total. The van der Waals surface area contributed by atoms with Crippen LogP contribution in [0.5, 0.6) is 0 Å². The van der Waals surface area contributed by atoms with E-state index >= 15 is 0 Å². The first-order valence-corrected chi connectivity index (χ1v) is 21.3. The van der Waals surface area contributed by atoms with Crippen molar-refractivity contribution in [3.63, 3.8) is 0 Å². The summed E-state index contributed by atoms with van der Waals surface area (Å²) < 4.78 is 11.5. The van der Waals surface area contributed by atoms with Crippen LogP contribution in [0.3, 0.4) is 0 Å². The zero-order valence-corrected chi connectivity index (χ0v) is 33.6. The predicted octanol–water partition coefficient (Wildman–Crippen LogP) is 15.2. The molecule has 4 nitrogen and oxygen atoms in total. The number of hydrogen-bond acceptors (Lipinski definition) is 4. The molecule has 13 rings (SSSR count). The number of thiophene rings is 1. The number of aliphatic imine (C=N–C) groups is 2. The molecule has 0 unspecified atom stereocenters. The Morgan fingerprint density at radius 2 is 1.21 bits per heavy atom. The fourth-order valence-electron chi connectivity index (χ4n) is 9.50. The first-order chi connectivity index (χ1) is 30.1. The Kier molecular flexibility index (Phi) is 7.30. The van der Waals surface area contributed by atoms with Gasteiger partial charge in [-0.15, -0.1) is 11.3 Å². The van der Waals surface area contributed by atoms with Gasteiger partial charge < -0.3 is 8.98 Å². The van der Waals surface area contributed by atoms with Crippen molar-refractivity contribution in [2.75, 3.05) is 0 Å². The van der Waals surface area contributed by atoms with Gasteiger partial charge in [0.15, 0.2) is 5.84 Å². The Labute approximate surface area is 354 Å². The molecule has 9 aromatic carbocycles. The second-order valence-corrected chi connectivity index (χ2v) is 16.8. The molecule has 0 bridgehead atoms. The van der Waals surface area contributed by atoms with Gasteiger partial charge in [0.05, 0.1) is 28.1 Å². The van der Waals surface area contributed by atoms with E-state index in [0.717, 1.165) is 83.1 Å². The molecule has 0 spiro atoms. The molecule has 12 aromatic rings. The summed E-state index contributed by atoms with van der Waals surface area (Å²) in [6.45, 7) is 4.80. The third-order valence-corrected chi connectivity index (χ3v) is 13.5. The van der Waals surface area contributed by atoms with E-state index < -0.39 is 0 Å². The number of rotatable bonds is 4. The third-order valence-electron chi connectivity index (χ3n) is 12.3. The molecule has 0 saturated carbocycles. The number of fused-ring (bicyclic) bond motifs is 11. The fourth-order valence-corrected chi connectivity index (χ4v) is 10.7. The van der Waals surface area contributed by atoms with E-state index in [2.05, 4.69) is 181 Å². The average molecular weight is 796 g/mol. The summed E-state index contributed by atoms with van der Waals surface area (Å²) in [5.41, 5.74) is 10.1. The van der Waals surface area contributed by atoms with Crippen molar-refractivity contribution < 1.29 is 4.42 Å². The zero-order valence-electron chi connectivity index (χ0n) is 32.8. The van der Waals surface area contributed by atoms with Crippen LogP contribution < -0.4 is 0 Å². The molecular weight excluding hydrogens is 763 g/mol. The van der Waals surface area contributed by atoms with E-state index in [4.69, 9.17) is 21.0 Å². The molecule has 61 heavy (non-hydrogen) atoms. The Bertz CT molecular complexity index is 3960. The molecule has 284 valence electrons. The lowest BCUT2D eigenvalue weighted by molar-refractivity contribution is 0.669. The van der Waals surface area contributed by atoms with Crippen molar-refractivity contribution in [3.8, 4) is 5.69 Å². The molecule has 0 atom stereocenters. The summed E-state index contributed by atoms with van der Waals surface area (Å²) in [5.74, 6) is 0.618. The molecule has 1 aliphatic heterocycles. The summed E-state index contributed by atoms with van der Waals surface area (Å²) in [4.78, 5) is 11.2. The Morgan fingerprint density at radius 1 is 0.508 bits per heavy atom. The largest absolute Gasteiger partial charge is 0.456 e. The second kappa shape index (κ2) is 13.1. The van der Waals surface area contributed by atoms with E-state index in [1.165, 1.54) is 41.7 Å². The first-order valence-electron chi connectivity index (χ1n) is 20.5. The van der Waals surface area contributed by atoms with Crippen LogP contribution in [0, 0.1) is 0 Å². The van der Waals surface area contributed by atoms with Crippen LogP contribution in [-0.2, 0) is 0 Å². The number of amidine groups is 1. The van der Waals surface area contributed by atoms with Crippen LogP contribution in [0.15, 0.2) is 215 Å². The zero-order chi connectivity index (χ0) is 40.2. The Hall–Kier alpha value is -7.86. The van der Waals surface area contributed by atoms with Crippen LogP contribution >= 0.6 is 11.3 Å². The topological polar surface area (TPSA) is 42.8 Å². The number of nitrogens with zero attached hydrogens (tertiary/aromatic N) is 3. The third kappa shape index (κ3) is 5.18. The number of furan rings is 1. The Morgan fingerprint density at radius 3 is 2.08 bits per heavy atom. The quantitative estimate of drug-likeness (QED) is 0.175. The first kappa shape index (κ1) is 34.0. The average Bonchev–Trinajstić information content (AvgIpc) is 3.94. The lowest BCUT2D eigenvalue weighted by Gasteiger charge is -2.16. The number of allylic oxidation sites excluding steroid dienone is 2. The molecule has 1 aliphatic rings. The van der Waals surface area contributed by atoms with E-state index in [9.17, 15) is 0 Å². The van der Waals surface area contributed by atoms with Crippen LogP contribution in [0.4, 0.5) is 0 Å². The minimum atomic E-state index is 0.618. The van der Waals surface area contributed by atoms with Crippen molar-refractivity contribution in [2.45, 2.75) is 0 Å². The summed E-state index contributed by atoms with van der Waals surface area (Å²) in [6, 6.07) is 64.7. The maximum Gasteiger partial charge on any atom is 0.160 e. The monoisotopic (exact) mass is 795 g/mol. The highest BCUT2D eigenvalue weighted by atomic mass is 32.1. The van der Waals surface area contributed by atoms with E-state index in [1.807, 2.05) is 12.1 Å². The summed E-state index contributed by atoms with van der Waals surface area (Å²) in [6.07, 6.45) is 2.14. The summed E-state index contributed by atoms with van der Waals surface area (Å²) >= 11 is 1.80. The van der Waals surface area contributed by atoms with Gasteiger partial charge in [-0.1, -0.05) is 140 Å². The highest BCUT2D eigenvalue weighted by Gasteiger charge is 2.26. The standard InChI is InChI=1S/C56H33N3OS/c1-33-29-45(57-56(38-26-25-34-13-2-3-14-35(34)30-38)58-54(33)43-21-12-20-41-40-18-8-11-24-51(40)61-55(41)43)53-47(27-28-50-52(53)42-19-7-10-23-49(42)60-50)59-46-22-9-6-17-39(46)44-31-36-15-4-5-16-37(36)32-48(44)59/h2-32H,1H2. The summed E-state index contributed by atoms with van der Waals surface area (Å²) in [7, 11) is 0. The SMILES string of the molecule is C=C1C=C(c2c(-n3c4ccccc4c4cc5ccccc5cc43)ccc3oc4ccccc4c23)N=C(c2ccc3ccccc3c2)N=C1c1cccc2c1sc1ccccc12. The van der Waals surface area contributed by atoms with Crippen LogP contribution in [0.2, 0.25) is 0 Å². The molecule has 0 radical (unpaired) electrons. The molecule has 0 amide bonds. The van der Waals surface area contributed by atoms with Gasteiger partial charge in [0.2, 0.25) is 0 Å². The van der Waals surface area contributed by atoms with Gasteiger partial charge in [0.25, 0.3) is 0 Å². The number of hydrogen-bond donors (Lipinski definition) is 0. The number of aromatic nitrogens is 1. The summed E-state index contributed by atoms with van der Waals surface area (Å²) in [5, 5.41) is 11.5. The Balaban J connectivity index is 1.14. The molecule has 5 heteroatoms. The van der Waals surface area contributed by atoms with Crippen molar-refractivity contribution in [2.24, 2.45) is 9.98 Å². The van der Waals surface area contributed by atoms with Gasteiger partial charge in [-0.05, 0) is 81.7 Å². The van der Waals surface area contributed by atoms with Crippen LogP contribution in [-0.4, -0.2) is 16.1 Å².